The van der Waals surface area contributed by atoms with E-state index in [0.717, 1.165) is 12.1 Å². The Balaban J connectivity index is 1.94. The molecule has 0 bridgehead atoms. The van der Waals surface area contributed by atoms with Gasteiger partial charge < -0.3 is 10.2 Å². The number of nitrogens with zero attached hydrogens (tertiary/aromatic N) is 1. The molecule has 1 saturated heterocycles. The van der Waals surface area contributed by atoms with Crippen LogP contribution in [0.4, 0.5) is 13.2 Å². The maximum absolute atomic E-state index is 13.2. The topological polar surface area (TPSA) is 49.4 Å². The van der Waals surface area contributed by atoms with Crippen LogP contribution in [0.15, 0.2) is 42.5 Å². The molecule has 4 nitrogen and oxygen atoms in total. The van der Waals surface area contributed by atoms with Crippen LogP contribution >= 0.6 is 23.2 Å². The number of halogens is 5. The highest BCUT2D eigenvalue weighted by atomic mass is 35.5. The van der Waals surface area contributed by atoms with Gasteiger partial charge in [0, 0.05) is 30.1 Å². The molecular weight excluding hydrogens is 452 g/mol. The smallest absolute Gasteiger partial charge is 0.354 e. The summed E-state index contributed by atoms with van der Waals surface area (Å²) in [6, 6.07) is 9.22. The zero-order valence-electron chi connectivity index (χ0n) is 16.8. The van der Waals surface area contributed by atoms with Crippen molar-refractivity contribution in [3.63, 3.8) is 0 Å². The molecule has 0 aliphatic carbocycles. The Bertz CT molecular complexity index is 995. The molecule has 1 heterocycles. The molecule has 166 valence electrons. The number of benzene rings is 2. The highest BCUT2D eigenvalue weighted by Gasteiger charge is 2.42. The van der Waals surface area contributed by atoms with Crippen molar-refractivity contribution in [2.24, 2.45) is 5.92 Å². The summed E-state index contributed by atoms with van der Waals surface area (Å²) in [4.78, 5) is 27.3. The van der Waals surface area contributed by atoms with Crippen LogP contribution in [0.5, 0.6) is 0 Å². The van der Waals surface area contributed by atoms with E-state index in [1.165, 1.54) is 29.2 Å². The summed E-state index contributed by atoms with van der Waals surface area (Å²) in [5.74, 6) is -2.00. The van der Waals surface area contributed by atoms with Gasteiger partial charge in [0.15, 0.2) is 0 Å². The van der Waals surface area contributed by atoms with Crippen molar-refractivity contribution in [1.82, 2.24) is 10.2 Å². The van der Waals surface area contributed by atoms with Gasteiger partial charge >= 0.3 is 6.18 Å². The third-order valence-corrected chi connectivity index (χ3v) is 5.73. The molecule has 0 aromatic heterocycles. The maximum Gasteiger partial charge on any atom is 0.416 e. The fraction of sp³-hybridized carbons (Fsp3) is 0.364. The first-order valence-electron chi connectivity index (χ1n) is 9.69. The summed E-state index contributed by atoms with van der Waals surface area (Å²) in [5, 5.41) is 3.35. The zero-order chi connectivity index (χ0) is 22.9. The molecule has 3 rings (SSSR count). The summed E-state index contributed by atoms with van der Waals surface area (Å²) in [7, 11) is 0. The zero-order valence-corrected chi connectivity index (χ0v) is 18.4. The highest BCUT2D eigenvalue weighted by molar-refractivity contribution is 6.36. The van der Waals surface area contributed by atoms with Crippen LogP contribution in [-0.2, 0) is 11.0 Å². The van der Waals surface area contributed by atoms with Crippen molar-refractivity contribution >= 4 is 35.0 Å². The third-order valence-electron chi connectivity index (χ3n) is 5.18. The minimum atomic E-state index is -4.50. The molecule has 1 aliphatic rings. The molecule has 2 unspecified atom stereocenters. The molecule has 2 amide bonds. The van der Waals surface area contributed by atoms with E-state index < -0.39 is 29.5 Å². The number of hydrogen-bond acceptors (Lipinski definition) is 2. The summed E-state index contributed by atoms with van der Waals surface area (Å²) in [5.41, 5.74) is -0.214. The van der Waals surface area contributed by atoms with Gasteiger partial charge in [0.25, 0.3) is 5.91 Å². The predicted molar refractivity (Wildman–Crippen MR) is 113 cm³/mol. The lowest BCUT2D eigenvalue weighted by molar-refractivity contribution is -0.137. The summed E-state index contributed by atoms with van der Waals surface area (Å²) >= 11 is 12.1. The Labute approximate surface area is 188 Å². The number of carbonyl (C=O) groups excluding carboxylic acids is 2. The molecule has 0 spiro atoms. The third kappa shape index (κ3) is 5.33. The van der Waals surface area contributed by atoms with Crippen LogP contribution in [0.25, 0.3) is 0 Å². The average molecular weight is 473 g/mol. The number of rotatable bonds is 4. The average Bonchev–Trinajstić information content (AvgIpc) is 3.12. The Morgan fingerprint density at radius 1 is 1.10 bits per heavy atom. The first-order valence-corrected chi connectivity index (χ1v) is 10.4. The normalized spacial score (nSPS) is 19.0. The van der Waals surface area contributed by atoms with Crippen molar-refractivity contribution < 1.29 is 22.8 Å². The standard InChI is InChI=1S/C22H21Cl2F3N2O2/c1-12(2)28-20(30)18-11-29(21(31)16-7-6-15(23)9-19(16)24)10-17(18)13-4-3-5-14(8-13)22(25,26)27/h3-9,12,17-18H,10-11H2,1-2H3,(H,28,30). The second kappa shape index (κ2) is 9.09. The Kier molecular flexibility index (Phi) is 6.86. The van der Waals surface area contributed by atoms with Crippen LogP contribution in [0, 0.1) is 5.92 Å². The fourth-order valence-electron chi connectivity index (χ4n) is 3.74. The van der Waals surface area contributed by atoms with Gasteiger partial charge in [-0.3, -0.25) is 9.59 Å². The van der Waals surface area contributed by atoms with E-state index in [4.69, 9.17) is 23.2 Å². The molecule has 1 N–H and O–H groups in total. The van der Waals surface area contributed by atoms with E-state index in [0.29, 0.717) is 10.6 Å². The lowest BCUT2D eigenvalue weighted by Crippen LogP contribution is -2.39. The lowest BCUT2D eigenvalue weighted by Gasteiger charge is -2.20. The largest absolute Gasteiger partial charge is 0.416 e. The fourth-order valence-corrected chi connectivity index (χ4v) is 4.23. The Morgan fingerprint density at radius 2 is 1.81 bits per heavy atom. The number of likely N-dealkylation sites (tertiary alicyclic amines) is 1. The lowest BCUT2D eigenvalue weighted by atomic mass is 9.87. The molecule has 2 aromatic rings. The molecule has 0 radical (unpaired) electrons. The number of alkyl halides is 3. The predicted octanol–water partition coefficient (Wildman–Crippen LogP) is 5.39. The monoisotopic (exact) mass is 472 g/mol. The number of amides is 2. The van der Waals surface area contributed by atoms with E-state index in [-0.39, 0.29) is 35.6 Å². The van der Waals surface area contributed by atoms with E-state index in [2.05, 4.69) is 5.32 Å². The minimum absolute atomic E-state index is 0.0667. The second-order valence-electron chi connectivity index (χ2n) is 7.83. The van der Waals surface area contributed by atoms with Crippen LogP contribution in [0.3, 0.4) is 0 Å². The molecule has 1 fully saturated rings. The number of hydrogen-bond donors (Lipinski definition) is 1. The Hall–Kier alpha value is -2.25. The van der Waals surface area contributed by atoms with Crippen molar-refractivity contribution in [3.05, 3.63) is 69.2 Å². The van der Waals surface area contributed by atoms with Crippen molar-refractivity contribution in [3.8, 4) is 0 Å². The van der Waals surface area contributed by atoms with Crippen molar-refractivity contribution in [1.29, 1.82) is 0 Å². The van der Waals surface area contributed by atoms with Gasteiger partial charge in [-0.1, -0.05) is 41.4 Å². The van der Waals surface area contributed by atoms with Gasteiger partial charge in [0.05, 0.1) is 22.1 Å². The van der Waals surface area contributed by atoms with E-state index >= 15 is 0 Å². The highest BCUT2D eigenvalue weighted by Crippen LogP contribution is 2.37. The molecule has 31 heavy (non-hydrogen) atoms. The van der Waals surface area contributed by atoms with Gasteiger partial charge in [-0.2, -0.15) is 13.2 Å². The van der Waals surface area contributed by atoms with Gasteiger partial charge in [-0.15, -0.1) is 0 Å². The molecule has 0 saturated carbocycles. The molecule has 1 aliphatic heterocycles. The number of carbonyl (C=O) groups is 2. The van der Waals surface area contributed by atoms with Crippen LogP contribution in [0.1, 0.15) is 41.3 Å². The maximum atomic E-state index is 13.2. The van der Waals surface area contributed by atoms with Crippen LogP contribution in [-0.4, -0.2) is 35.8 Å². The van der Waals surface area contributed by atoms with Crippen molar-refractivity contribution in [2.45, 2.75) is 32.0 Å². The Morgan fingerprint density at radius 3 is 2.42 bits per heavy atom. The molecule has 2 aromatic carbocycles. The van der Waals surface area contributed by atoms with E-state index in [1.54, 1.807) is 19.9 Å². The molecular formula is C22H21Cl2F3N2O2. The van der Waals surface area contributed by atoms with Gasteiger partial charge in [-0.25, -0.2) is 0 Å². The van der Waals surface area contributed by atoms with Crippen LogP contribution < -0.4 is 5.32 Å². The minimum Gasteiger partial charge on any atom is -0.354 e. The summed E-state index contributed by atoms with van der Waals surface area (Å²) in [6.45, 7) is 3.75. The van der Waals surface area contributed by atoms with Crippen molar-refractivity contribution in [2.75, 3.05) is 13.1 Å². The first-order chi connectivity index (χ1) is 14.5. The quantitative estimate of drug-likeness (QED) is 0.647. The SMILES string of the molecule is CC(C)NC(=O)C1CN(C(=O)c2ccc(Cl)cc2Cl)CC1c1cccc(C(F)(F)F)c1. The van der Waals surface area contributed by atoms with Gasteiger partial charge in [0.2, 0.25) is 5.91 Å². The van der Waals surface area contributed by atoms with Crippen LogP contribution in [0.2, 0.25) is 10.0 Å². The van der Waals surface area contributed by atoms with E-state index in [1.807, 2.05) is 0 Å². The molecule has 2 atom stereocenters. The second-order valence-corrected chi connectivity index (χ2v) is 8.68. The van der Waals surface area contributed by atoms with Gasteiger partial charge in [-0.05, 0) is 43.7 Å². The first kappa shape index (κ1) is 23.4. The summed E-state index contributed by atoms with van der Waals surface area (Å²) < 4.78 is 39.6. The molecule has 9 heteroatoms. The van der Waals surface area contributed by atoms with Gasteiger partial charge in [0.1, 0.15) is 0 Å². The van der Waals surface area contributed by atoms with E-state index in [9.17, 15) is 22.8 Å². The number of nitrogens with one attached hydrogen (secondary N) is 1. The summed E-state index contributed by atoms with van der Waals surface area (Å²) in [6.07, 6.45) is -4.50.